The molecule has 1 aromatic heterocycles. The zero-order chi connectivity index (χ0) is 24.3. The van der Waals surface area contributed by atoms with Crippen LogP contribution in [0.2, 0.25) is 0 Å². The van der Waals surface area contributed by atoms with E-state index in [1.807, 2.05) is 24.3 Å². The summed E-state index contributed by atoms with van der Waals surface area (Å²) in [6, 6.07) is 8.06. The number of rotatable bonds is 20. The zero-order valence-corrected chi connectivity index (χ0v) is 22.1. The van der Waals surface area contributed by atoms with E-state index < -0.39 is 0 Å². The molecule has 0 aliphatic carbocycles. The van der Waals surface area contributed by atoms with Gasteiger partial charge in [-0.2, -0.15) is 0 Å². The number of aromatic nitrogens is 2. The average molecular weight is 469 g/mol. The van der Waals surface area contributed by atoms with Gasteiger partial charge in [0.05, 0.1) is 25.6 Å². The lowest BCUT2D eigenvalue weighted by Gasteiger charge is -2.09. The third kappa shape index (κ3) is 12.4. The Morgan fingerprint density at radius 2 is 1.18 bits per heavy atom. The van der Waals surface area contributed by atoms with Crippen LogP contribution in [0.4, 0.5) is 0 Å². The fourth-order valence-electron chi connectivity index (χ4n) is 4.01. The fourth-order valence-corrected chi connectivity index (χ4v) is 4.01. The Morgan fingerprint density at radius 3 is 1.76 bits per heavy atom. The van der Waals surface area contributed by atoms with E-state index in [-0.39, 0.29) is 0 Å². The lowest BCUT2D eigenvalue weighted by Crippen LogP contribution is -1.99. The molecule has 1 atom stereocenters. The van der Waals surface area contributed by atoms with Crippen molar-refractivity contribution >= 4 is 0 Å². The average Bonchev–Trinajstić information content (AvgIpc) is 2.88. The van der Waals surface area contributed by atoms with Crippen LogP contribution >= 0.6 is 0 Å². The van der Waals surface area contributed by atoms with E-state index in [2.05, 4.69) is 30.7 Å². The molecule has 34 heavy (non-hydrogen) atoms. The van der Waals surface area contributed by atoms with Crippen LogP contribution in [0, 0.1) is 5.92 Å². The Morgan fingerprint density at radius 1 is 0.647 bits per heavy atom. The van der Waals surface area contributed by atoms with Crippen molar-refractivity contribution in [3.63, 3.8) is 0 Å². The summed E-state index contributed by atoms with van der Waals surface area (Å²) in [6.07, 6.45) is 21.6. The zero-order valence-electron chi connectivity index (χ0n) is 22.1. The molecule has 0 saturated heterocycles. The maximum absolute atomic E-state index is 5.88. The lowest BCUT2D eigenvalue weighted by molar-refractivity contribution is 0.301. The van der Waals surface area contributed by atoms with Gasteiger partial charge in [-0.3, -0.25) is 0 Å². The molecule has 0 fully saturated rings. The molecule has 1 heterocycles. The molecule has 0 radical (unpaired) electrons. The summed E-state index contributed by atoms with van der Waals surface area (Å²) in [5.74, 6) is 3.24. The molecule has 4 nitrogen and oxygen atoms in total. The van der Waals surface area contributed by atoms with Crippen molar-refractivity contribution < 1.29 is 9.47 Å². The van der Waals surface area contributed by atoms with Crippen molar-refractivity contribution in [2.75, 3.05) is 13.2 Å². The summed E-state index contributed by atoms with van der Waals surface area (Å²) in [4.78, 5) is 8.97. The Balaban J connectivity index is 1.58. The highest BCUT2D eigenvalue weighted by molar-refractivity contribution is 5.56. The van der Waals surface area contributed by atoms with Gasteiger partial charge in [0.2, 0.25) is 0 Å². The summed E-state index contributed by atoms with van der Waals surface area (Å²) in [6.45, 7) is 8.41. The Labute approximate surface area is 208 Å². The smallest absolute Gasteiger partial charge is 0.159 e. The third-order valence-electron chi connectivity index (χ3n) is 6.56. The molecule has 0 bridgehead atoms. The summed E-state index contributed by atoms with van der Waals surface area (Å²) in [5, 5.41) is 0. The predicted molar refractivity (Wildman–Crippen MR) is 144 cm³/mol. The first-order valence-corrected chi connectivity index (χ1v) is 13.9. The van der Waals surface area contributed by atoms with E-state index in [1.54, 1.807) is 12.4 Å². The van der Waals surface area contributed by atoms with Gasteiger partial charge in [-0.05, 0) is 43.0 Å². The van der Waals surface area contributed by atoms with E-state index in [4.69, 9.17) is 9.47 Å². The van der Waals surface area contributed by atoms with Gasteiger partial charge in [0.15, 0.2) is 11.6 Å². The van der Waals surface area contributed by atoms with Crippen LogP contribution in [0.15, 0.2) is 36.7 Å². The molecular weight excluding hydrogens is 420 g/mol. The first kappa shape index (κ1) is 28.1. The van der Waals surface area contributed by atoms with Crippen LogP contribution in [-0.2, 0) is 0 Å². The minimum Gasteiger partial charge on any atom is -0.494 e. The Bertz CT molecular complexity index is 730. The predicted octanol–water partition coefficient (Wildman–Crippen LogP) is 9.04. The second-order valence-electron chi connectivity index (χ2n) is 9.65. The van der Waals surface area contributed by atoms with Crippen LogP contribution in [0.3, 0.4) is 0 Å². The number of unbranched alkanes of at least 4 members (excludes halogenated alkanes) is 10. The fraction of sp³-hybridized carbons (Fsp3) is 0.667. The molecule has 4 heteroatoms. The standard InChI is InChI=1S/C30H48N2O2/c1-4-6-7-8-9-12-15-22-33-28-20-18-27(19-21-28)30-31-24-29(25-32-30)34-23-16-13-10-11-14-17-26(3)5-2/h18-21,24-26H,4-17,22-23H2,1-3H3. The molecule has 1 aromatic carbocycles. The molecular formula is C30H48N2O2. The van der Waals surface area contributed by atoms with Gasteiger partial charge in [0.1, 0.15) is 5.75 Å². The van der Waals surface area contributed by atoms with Crippen molar-refractivity contribution in [3.8, 4) is 22.9 Å². The SMILES string of the molecule is CCCCCCCCCOc1ccc(-c2ncc(OCCCCCCCC(C)CC)cn2)cc1. The highest BCUT2D eigenvalue weighted by Gasteiger charge is 2.04. The highest BCUT2D eigenvalue weighted by atomic mass is 16.5. The molecule has 0 aliphatic rings. The highest BCUT2D eigenvalue weighted by Crippen LogP contribution is 2.21. The van der Waals surface area contributed by atoms with Gasteiger partial charge in [0, 0.05) is 5.56 Å². The number of nitrogens with zero attached hydrogens (tertiary/aromatic N) is 2. The van der Waals surface area contributed by atoms with Crippen LogP contribution in [0.5, 0.6) is 11.5 Å². The quantitative estimate of drug-likeness (QED) is 0.182. The number of benzene rings is 1. The number of hydrogen-bond acceptors (Lipinski definition) is 4. The van der Waals surface area contributed by atoms with Gasteiger partial charge >= 0.3 is 0 Å². The van der Waals surface area contributed by atoms with Crippen LogP contribution in [0.1, 0.15) is 111 Å². The van der Waals surface area contributed by atoms with Gasteiger partial charge < -0.3 is 9.47 Å². The number of ether oxygens (including phenoxy) is 2. The van der Waals surface area contributed by atoms with Crippen LogP contribution < -0.4 is 9.47 Å². The van der Waals surface area contributed by atoms with Gasteiger partial charge in [-0.15, -0.1) is 0 Å². The van der Waals surface area contributed by atoms with Crippen molar-refractivity contribution in [2.24, 2.45) is 5.92 Å². The summed E-state index contributed by atoms with van der Waals surface area (Å²) in [5.41, 5.74) is 0.993. The third-order valence-corrected chi connectivity index (χ3v) is 6.56. The van der Waals surface area contributed by atoms with E-state index in [0.29, 0.717) is 5.82 Å². The van der Waals surface area contributed by atoms with E-state index >= 15 is 0 Å². The monoisotopic (exact) mass is 468 g/mol. The molecule has 2 rings (SSSR count). The summed E-state index contributed by atoms with van der Waals surface area (Å²) >= 11 is 0. The maximum atomic E-state index is 5.88. The van der Waals surface area contributed by atoms with Crippen molar-refractivity contribution in [2.45, 2.75) is 111 Å². The number of hydrogen-bond donors (Lipinski definition) is 0. The minimum atomic E-state index is 0.715. The van der Waals surface area contributed by atoms with Gasteiger partial charge in [-0.1, -0.05) is 97.8 Å². The van der Waals surface area contributed by atoms with Crippen molar-refractivity contribution in [3.05, 3.63) is 36.7 Å². The lowest BCUT2D eigenvalue weighted by atomic mass is 10.0. The Kier molecular flexibility index (Phi) is 15.1. The molecule has 0 saturated carbocycles. The normalized spacial score (nSPS) is 12.0. The van der Waals surface area contributed by atoms with Crippen LogP contribution in [0.25, 0.3) is 11.4 Å². The Hall–Kier alpha value is -2.10. The summed E-state index contributed by atoms with van der Waals surface area (Å²) < 4.78 is 11.7. The topological polar surface area (TPSA) is 44.2 Å². The molecule has 190 valence electrons. The van der Waals surface area contributed by atoms with E-state index in [0.717, 1.165) is 49.0 Å². The maximum Gasteiger partial charge on any atom is 0.159 e. The van der Waals surface area contributed by atoms with Gasteiger partial charge in [-0.25, -0.2) is 9.97 Å². The molecule has 2 aromatic rings. The summed E-state index contributed by atoms with van der Waals surface area (Å²) in [7, 11) is 0. The van der Waals surface area contributed by atoms with E-state index in [9.17, 15) is 0 Å². The van der Waals surface area contributed by atoms with E-state index in [1.165, 1.54) is 77.0 Å². The minimum absolute atomic E-state index is 0.715. The molecule has 0 amide bonds. The van der Waals surface area contributed by atoms with Gasteiger partial charge in [0.25, 0.3) is 0 Å². The molecule has 1 unspecified atom stereocenters. The van der Waals surface area contributed by atoms with Crippen molar-refractivity contribution in [1.82, 2.24) is 9.97 Å². The molecule has 0 N–H and O–H groups in total. The first-order chi connectivity index (χ1) is 16.7. The second kappa shape index (κ2) is 18.3. The molecule has 0 spiro atoms. The first-order valence-electron chi connectivity index (χ1n) is 13.9. The molecule has 0 aliphatic heterocycles. The second-order valence-corrected chi connectivity index (χ2v) is 9.65. The van der Waals surface area contributed by atoms with Crippen molar-refractivity contribution in [1.29, 1.82) is 0 Å². The van der Waals surface area contributed by atoms with Crippen LogP contribution in [-0.4, -0.2) is 23.2 Å². The largest absolute Gasteiger partial charge is 0.494 e.